The second-order valence-electron chi connectivity index (χ2n) is 8.47. The number of nitrogens with one attached hydrogen (secondary N) is 3. The quantitative estimate of drug-likeness (QED) is 0.563. The summed E-state index contributed by atoms with van der Waals surface area (Å²) in [6.45, 7) is 3.74. The van der Waals surface area contributed by atoms with E-state index in [1.165, 1.54) is 31.5 Å². The molecule has 3 aliphatic heterocycles. The summed E-state index contributed by atoms with van der Waals surface area (Å²) in [7, 11) is 1.37. The first-order valence-electron chi connectivity index (χ1n) is 10.8. The van der Waals surface area contributed by atoms with E-state index in [1.54, 1.807) is 26.0 Å². The van der Waals surface area contributed by atoms with Crippen molar-refractivity contribution in [1.82, 2.24) is 10.6 Å². The van der Waals surface area contributed by atoms with Crippen LogP contribution in [0.5, 0.6) is 5.75 Å². The van der Waals surface area contributed by atoms with E-state index >= 15 is 0 Å². The van der Waals surface area contributed by atoms with E-state index in [2.05, 4.69) is 20.9 Å². The number of allylic oxidation sites excluding steroid dienone is 5. The minimum absolute atomic E-state index is 0.0590. The first kappa shape index (κ1) is 25.0. The monoisotopic (exact) mass is 504 g/mol. The number of benzene rings is 1. The van der Waals surface area contributed by atoms with Gasteiger partial charge in [-0.2, -0.15) is 13.2 Å². The van der Waals surface area contributed by atoms with Gasteiger partial charge in [-0.25, -0.2) is 9.79 Å². The summed E-state index contributed by atoms with van der Waals surface area (Å²) in [5.41, 5.74) is 0.265. The number of hydrogen-bond donors (Lipinski definition) is 3. The summed E-state index contributed by atoms with van der Waals surface area (Å²) in [6.07, 6.45) is 1.50. The van der Waals surface area contributed by atoms with Gasteiger partial charge in [0.1, 0.15) is 5.75 Å². The molecule has 0 saturated carbocycles. The SMILES string of the molecule is COC1=CC(=C2C=CC(NC(=O)Nc3ccc(OC4(C)COC4)c(C(F)(F)F)c3)=C(C)N2)C=NC1=O. The lowest BCUT2D eigenvalue weighted by Gasteiger charge is -2.38. The molecule has 1 saturated heterocycles. The molecule has 3 N–H and O–H groups in total. The standard InChI is InChI=1S/C24H23F3N4O5/c1-13-17(5-6-18(29-13)14-8-20(34-3)21(32)28-10-14)31-22(33)30-15-4-7-19(16(9-15)24(25,26)27)36-23(2)11-35-12-23/h4-10,29H,11-12H2,1-3H3,(H2,30,31,33). The zero-order valence-electron chi connectivity index (χ0n) is 19.6. The summed E-state index contributed by atoms with van der Waals surface area (Å²) >= 11 is 0. The van der Waals surface area contributed by atoms with Crippen LogP contribution in [-0.2, 0) is 20.4 Å². The molecular weight excluding hydrogens is 481 g/mol. The van der Waals surface area contributed by atoms with Crippen molar-refractivity contribution in [2.24, 2.45) is 4.99 Å². The van der Waals surface area contributed by atoms with Gasteiger partial charge in [0, 0.05) is 28.9 Å². The Morgan fingerprint density at radius 1 is 1.22 bits per heavy atom. The van der Waals surface area contributed by atoms with Gasteiger partial charge >= 0.3 is 18.1 Å². The van der Waals surface area contributed by atoms with Crippen LogP contribution >= 0.6 is 0 Å². The van der Waals surface area contributed by atoms with Gasteiger partial charge in [0.05, 0.1) is 31.6 Å². The van der Waals surface area contributed by atoms with Crippen molar-refractivity contribution in [2.45, 2.75) is 25.6 Å². The normalized spacial score (nSPS) is 20.8. The van der Waals surface area contributed by atoms with Crippen molar-refractivity contribution in [1.29, 1.82) is 0 Å². The molecule has 0 bridgehead atoms. The first-order chi connectivity index (χ1) is 17.0. The summed E-state index contributed by atoms with van der Waals surface area (Å²) < 4.78 is 56.5. The number of halogens is 3. The van der Waals surface area contributed by atoms with Crippen LogP contribution in [-0.4, -0.2) is 44.1 Å². The smallest absolute Gasteiger partial charge is 0.420 e. The number of methoxy groups -OCH3 is 1. The molecule has 1 aromatic rings. The summed E-state index contributed by atoms with van der Waals surface area (Å²) in [6, 6.07) is 2.58. The Hall–Kier alpha value is -4.06. The Labute approximate surface area is 204 Å². The lowest BCUT2D eigenvalue weighted by atomic mass is 10.0. The third-order valence-corrected chi connectivity index (χ3v) is 5.45. The van der Waals surface area contributed by atoms with Crippen molar-refractivity contribution in [2.75, 3.05) is 25.6 Å². The molecule has 1 fully saturated rings. The number of dihydropyridines is 2. The van der Waals surface area contributed by atoms with Crippen molar-refractivity contribution >= 4 is 23.8 Å². The van der Waals surface area contributed by atoms with Gasteiger partial charge < -0.3 is 30.2 Å². The van der Waals surface area contributed by atoms with Crippen LogP contribution in [0.4, 0.5) is 23.7 Å². The van der Waals surface area contributed by atoms with Crippen LogP contribution in [0.3, 0.4) is 0 Å². The number of nitrogens with zero attached hydrogens (tertiary/aromatic N) is 1. The summed E-state index contributed by atoms with van der Waals surface area (Å²) in [5, 5.41) is 8.09. The zero-order valence-corrected chi connectivity index (χ0v) is 19.6. The highest BCUT2D eigenvalue weighted by Gasteiger charge is 2.40. The Morgan fingerprint density at radius 2 is 1.97 bits per heavy atom. The molecule has 0 spiro atoms. The van der Waals surface area contributed by atoms with Crippen LogP contribution in [0.25, 0.3) is 0 Å². The molecule has 190 valence electrons. The molecule has 0 aromatic heterocycles. The molecular formula is C24H23F3N4O5. The summed E-state index contributed by atoms with van der Waals surface area (Å²) in [4.78, 5) is 27.9. The minimum atomic E-state index is -4.69. The molecule has 36 heavy (non-hydrogen) atoms. The van der Waals surface area contributed by atoms with E-state index in [0.29, 0.717) is 22.7 Å². The molecule has 0 aliphatic carbocycles. The van der Waals surface area contributed by atoms with Gasteiger partial charge in [-0.15, -0.1) is 0 Å². The summed E-state index contributed by atoms with van der Waals surface area (Å²) in [5.74, 6) is -0.742. The van der Waals surface area contributed by atoms with E-state index in [0.717, 1.165) is 6.07 Å². The second-order valence-corrected chi connectivity index (χ2v) is 8.47. The number of rotatable bonds is 5. The number of carbonyl (C=O) groups is 2. The largest absolute Gasteiger partial charge is 0.491 e. The van der Waals surface area contributed by atoms with Crippen LogP contribution < -0.4 is 20.7 Å². The Bertz CT molecular complexity index is 1260. The van der Waals surface area contributed by atoms with Gasteiger partial charge in [-0.1, -0.05) is 0 Å². The van der Waals surface area contributed by atoms with Gasteiger partial charge in [0.2, 0.25) is 0 Å². The molecule has 4 rings (SSSR count). The Balaban J connectivity index is 1.45. The average molecular weight is 504 g/mol. The predicted molar refractivity (Wildman–Crippen MR) is 124 cm³/mol. The number of amides is 3. The molecule has 12 heteroatoms. The maximum absolute atomic E-state index is 13.6. The minimum Gasteiger partial charge on any atom is -0.491 e. The number of ether oxygens (including phenoxy) is 3. The highest BCUT2D eigenvalue weighted by Crippen LogP contribution is 2.40. The number of anilines is 1. The number of carbonyl (C=O) groups excluding carboxylic acids is 2. The molecule has 3 heterocycles. The van der Waals surface area contributed by atoms with Crippen molar-refractivity contribution in [3.63, 3.8) is 0 Å². The fourth-order valence-electron chi connectivity index (χ4n) is 3.55. The first-order valence-corrected chi connectivity index (χ1v) is 10.8. The van der Waals surface area contributed by atoms with E-state index < -0.39 is 29.3 Å². The lowest BCUT2D eigenvalue weighted by molar-refractivity contribution is -0.160. The zero-order chi connectivity index (χ0) is 26.1. The fourth-order valence-corrected chi connectivity index (χ4v) is 3.55. The van der Waals surface area contributed by atoms with Gasteiger partial charge in [-0.05, 0) is 50.3 Å². The van der Waals surface area contributed by atoms with Gasteiger partial charge in [0.25, 0.3) is 0 Å². The van der Waals surface area contributed by atoms with E-state index in [9.17, 15) is 22.8 Å². The molecule has 0 unspecified atom stereocenters. The third kappa shape index (κ3) is 5.43. The fraction of sp³-hybridized carbons (Fsp3) is 0.292. The predicted octanol–water partition coefficient (Wildman–Crippen LogP) is 3.78. The van der Waals surface area contributed by atoms with Crippen molar-refractivity contribution in [3.05, 3.63) is 70.4 Å². The number of hydrogen-bond acceptors (Lipinski definition) is 6. The van der Waals surface area contributed by atoms with E-state index in [1.807, 2.05) is 0 Å². The number of alkyl halides is 3. The topological polar surface area (TPSA) is 110 Å². The third-order valence-electron chi connectivity index (χ3n) is 5.45. The highest BCUT2D eigenvalue weighted by molar-refractivity contribution is 6.05. The Morgan fingerprint density at radius 3 is 2.58 bits per heavy atom. The molecule has 1 aromatic carbocycles. The van der Waals surface area contributed by atoms with Crippen LogP contribution in [0.15, 0.2) is 69.8 Å². The van der Waals surface area contributed by atoms with Gasteiger partial charge in [-0.3, -0.25) is 4.79 Å². The number of urea groups is 1. The highest BCUT2D eigenvalue weighted by atomic mass is 19.4. The molecule has 3 amide bonds. The second kappa shape index (κ2) is 9.53. The van der Waals surface area contributed by atoms with E-state index in [-0.39, 0.29) is 30.4 Å². The van der Waals surface area contributed by atoms with Crippen LogP contribution in [0.2, 0.25) is 0 Å². The van der Waals surface area contributed by atoms with Crippen molar-refractivity contribution < 1.29 is 37.0 Å². The molecule has 0 atom stereocenters. The maximum atomic E-state index is 13.6. The van der Waals surface area contributed by atoms with Crippen LogP contribution in [0, 0.1) is 0 Å². The van der Waals surface area contributed by atoms with Crippen LogP contribution in [0.1, 0.15) is 19.4 Å². The maximum Gasteiger partial charge on any atom is 0.420 e. The average Bonchev–Trinajstić information content (AvgIpc) is 2.80. The lowest BCUT2D eigenvalue weighted by Crippen LogP contribution is -2.51. The number of aliphatic imine (C=N–C) groups is 1. The van der Waals surface area contributed by atoms with Crippen molar-refractivity contribution in [3.8, 4) is 5.75 Å². The Kier molecular flexibility index (Phi) is 6.63. The van der Waals surface area contributed by atoms with E-state index in [4.69, 9.17) is 14.2 Å². The molecule has 0 radical (unpaired) electrons. The molecule has 3 aliphatic rings. The molecule has 9 nitrogen and oxygen atoms in total. The van der Waals surface area contributed by atoms with Gasteiger partial charge in [0.15, 0.2) is 11.4 Å².